The molecule has 4 aromatic carbocycles. The summed E-state index contributed by atoms with van der Waals surface area (Å²) >= 11 is 0. The molecule has 0 saturated heterocycles. The molecule has 2 heterocycles. The molecule has 0 bridgehead atoms. The van der Waals surface area contributed by atoms with Gasteiger partial charge in [0.15, 0.2) is 0 Å². The van der Waals surface area contributed by atoms with Gasteiger partial charge in [-0.3, -0.25) is 0 Å². The average Bonchev–Trinajstić information content (AvgIpc) is 3.49. The lowest BCUT2D eigenvalue weighted by Gasteiger charge is -2.27. The maximum Gasteiger partial charge on any atom is 0.100 e. The number of hydrogen-bond acceptors (Lipinski definition) is 4. The molecule has 0 aliphatic carbocycles. The Labute approximate surface area is 227 Å². The number of fused-ring (bicyclic) bond motifs is 1. The van der Waals surface area contributed by atoms with Crippen LogP contribution in [0.15, 0.2) is 85.2 Å². The third-order valence-corrected chi connectivity index (χ3v) is 7.78. The van der Waals surface area contributed by atoms with Crippen LogP contribution in [0.5, 0.6) is 0 Å². The van der Waals surface area contributed by atoms with E-state index in [1.807, 2.05) is 0 Å². The van der Waals surface area contributed by atoms with E-state index in [1.54, 1.807) is 0 Å². The van der Waals surface area contributed by atoms with Crippen molar-refractivity contribution in [2.45, 2.75) is 41.5 Å². The Hall–Kier alpha value is -4.18. The first-order chi connectivity index (χ1) is 18.3. The largest absolute Gasteiger partial charge is 0.328 e. The Morgan fingerprint density at radius 1 is 0.474 bits per heavy atom. The molecular weight excluding hydrogens is 464 g/mol. The number of benzene rings is 4. The van der Waals surface area contributed by atoms with Gasteiger partial charge in [0.25, 0.3) is 0 Å². The molecule has 0 unspecified atom stereocenters. The van der Waals surface area contributed by atoms with Crippen molar-refractivity contribution in [2.75, 3.05) is 32.9 Å². The first kappa shape index (κ1) is 24.2. The van der Waals surface area contributed by atoms with E-state index in [9.17, 15) is 0 Å². The van der Waals surface area contributed by atoms with Gasteiger partial charge in [-0.2, -0.15) is 0 Å². The summed E-state index contributed by atoms with van der Waals surface area (Å²) in [5.41, 5.74) is 15.4. The third kappa shape index (κ3) is 4.10. The minimum Gasteiger partial charge on any atom is -0.328 e. The van der Waals surface area contributed by atoms with E-state index >= 15 is 0 Å². The fourth-order valence-corrected chi connectivity index (χ4v) is 6.42. The zero-order valence-electron chi connectivity index (χ0n) is 23.3. The highest BCUT2D eigenvalue weighted by molar-refractivity contribution is 5.89. The van der Waals surface area contributed by atoms with Crippen molar-refractivity contribution in [2.24, 2.45) is 0 Å². The lowest BCUT2D eigenvalue weighted by molar-refractivity contribution is 0.958. The standard InChI is InChI=1S/C34H36N4/c1-23-16-25(3)33(26(4)17-23)36-15-14-35(21-36)29-10-9-11-30(20-29)37-22-38(32-13-8-7-12-31(32)37)34-27(5)18-24(2)19-28(34)6/h7-20H,21-22H2,1-6H3. The highest BCUT2D eigenvalue weighted by Gasteiger charge is 2.30. The second kappa shape index (κ2) is 9.29. The van der Waals surface area contributed by atoms with Gasteiger partial charge in [-0.25, -0.2) is 0 Å². The van der Waals surface area contributed by atoms with Crippen LogP contribution in [0.1, 0.15) is 33.4 Å². The van der Waals surface area contributed by atoms with E-state index in [0.717, 1.165) is 13.3 Å². The fourth-order valence-electron chi connectivity index (χ4n) is 6.42. The molecule has 4 aromatic rings. The van der Waals surface area contributed by atoms with Crippen molar-refractivity contribution < 1.29 is 0 Å². The fraction of sp³-hybridized carbons (Fsp3) is 0.235. The zero-order chi connectivity index (χ0) is 26.6. The SMILES string of the molecule is Cc1cc(C)c(N2C=CN(c3cccc(N4CN(c5c(C)cc(C)cc5C)c5ccccc54)c3)C2)c(C)c1. The van der Waals surface area contributed by atoms with Gasteiger partial charge >= 0.3 is 0 Å². The Balaban J connectivity index is 1.31. The maximum absolute atomic E-state index is 2.46. The van der Waals surface area contributed by atoms with Gasteiger partial charge in [-0.1, -0.05) is 53.6 Å². The number of para-hydroxylation sites is 2. The van der Waals surface area contributed by atoms with Crippen LogP contribution in [0.25, 0.3) is 0 Å². The van der Waals surface area contributed by atoms with E-state index in [0.29, 0.717) is 0 Å². The van der Waals surface area contributed by atoms with Crippen LogP contribution >= 0.6 is 0 Å². The lowest BCUT2D eigenvalue weighted by Crippen LogP contribution is -2.27. The van der Waals surface area contributed by atoms with Crippen molar-refractivity contribution in [1.29, 1.82) is 0 Å². The van der Waals surface area contributed by atoms with Crippen LogP contribution in [0.3, 0.4) is 0 Å². The summed E-state index contributed by atoms with van der Waals surface area (Å²) in [6, 6.07) is 26.8. The van der Waals surface area contributed by atoms with Crippen molar-refractivity contribution in [1.82, 2.24) is 0 Å². The molecule has 4 nitrogen and oxygen atoms in total. The van der Waals surface area contributed by atoms with Gasteiger partial charge in [-0.15, -0.1) is 0 Å². The van der Waals surface area contributed by atoms with Gasteiger partial charge in [-0.05, 0) is 94.1 Å². The molecule has 2 aliphatic heterocycles. The van der Waals surface area contributed by atoms with Crippen molar-refractivity contribution in [3.8, 4) is 0 Å². The first-order valence-corrected chi connectivity index (χ1v) is 13.4. The van der Waals surface area contributed by atoms with E-state index in [2.05, 4.69) is 146 Å². The number of aryl methyl sites for hydroxylation is 6. The average molecular weight is 501 g/mol. The molecule has 0 aromatic heterocycles. The predicted octanol–water partition coefficient (Wildman–Crippen LogP) is 8.54. The number of rotatable bonds is 4. The predicted molar refractivity (Wildman–Crippen MR) is 162 cm³/mol. The Morgan fingerprint density at radius 3 is 1.63 bits per heavy atom. The summed E-state index contributed by atoms with van der Waals surface area (Å²) in [6.45, 7) is 14.8. The molecule has 0 saturated carbocycles. The van der Waals surface area contributed by atoms with Crippen LogP contribution < -0.4 is 19.6 Å². The highest BCUT2D eigenvalue weighted by atomic mass is 15.4. The summed E-state index contributed by atoms with van der Waals surface area (Å²) in [6.07, 6.45) is 4.40. The normalized spacial score (nSPS) is 14.6. The summed E-state index contributed by atoms with van der Waals surface area (Å²) < 4.78 is 0. The Kier molecular flexibility index (Phi) is 5.91. The molecule has 0 atom stereocenters. The van der Waals surface area contributed by atoms with Crippen molar-refractivity contribution >= 4 is 34.1 Å². The van der Waals surface area contributed by atoms with Crippen molar-refractivity contribution in [3.63, 3.8) is 0 Å². The quantitative estimate of drug-likeness (QED) is 0.278. The van der Waals surface area contributed by atoms with Gasteiger partial charge in [0.1, 0.15) is 6.67 Å². The minimum absolute atomic E-state index is 0.789. The van der Waals surface area contributed by atoms with Gasteiger partial charge < -0.3 is 19.6 Å². The minimum atomic E-state index is 0.789. The molecule has 0 N–H and O–H groups in total. The molecule has 0 spiro atoms. The topological polar surface area (TPSA) is 13.0 Å². The van der Waals surface area contributed by atoms with Gasteiger partial charge in [0.2, 0.25) is 0 Å². The molecule has 38 heavy (non-hydrogen) atoms. The van der Waals surface area contributed by atoms with E-state index in [4.69, 9.17) is 0 Å². The van der Waals surface area contributed by atoms with Gasteiger partial charge in [0, 0.05) is 35.1 Å². The van der Waals surface area contributed by atoms with E-state index in [1.165, 1.54) is 67.5 Å². The summed E-state index contributed by atoms with van der Waals surface area (Å²) in [5.74, 6) is 0. The first-order valence-electron chi connectivity index (χ1n) is 13.4. The Bertz CT molecular complexity index is 1520. The molecular formula is C34H36N4. The smallest absolute Gasteiger partial charge is 0.100 e. The van der Waals surface area contributed by atoms with Crippen molar-refractivity contribution in [3.05, 3.63) is 119 Å². The van der Waals surface area contributed by atoms with Gasteiger partial charge in [0.05, 0.1) is 18.0 Å². The third-order valence-electron chi connectivity index (χ3n) is 7.78. The van der Waals surface area contributed by atoms with Crippen LogP contribution in [-0.2, 0) is 0 Å². The Morgan fingerprint density at radius 2 is 1.00 bits per heavy atom. The number of nitrogens with zero attached hydrogens (tertiary/aromatic N) is 4. The summed E-state index contributed by atoms with van der Waals surface area (Å²) in [4.78, 5) is 9.58. The van der Waals surface area contributed by atoms with Crippen LogP contribution in [-0.4, -0.2) is 13.3 Å². The monoisotopic (exact) mass is 500 g/mol. The maximum atomic E-state index is 2.46. The number of hydrogen-bond donors (Lipinski definition) is 0. The molecule has 0 amide bonds. The van der Waals surface area contributed by atoms with E-state index < -0.39 is 0 Å². The lowest BCUT2D eigenvalue weighted by atomic mass is 10.0. The molecule has 192 valence electrons. The van der Waals surface area contributed by atoms with Crippen LogP contribution in [0.2, 0.25) is 0 Å². The second-order valence-corrected chi connectivity index (χ2v) is 10.9. The molecule has 0 fully saturated rings. The zero-order valence-corrected chi connectivity index (χ0v) is 23.3. The second-order valence-electron chi connectivity index (χ2n) is 10.9. The van der Waals surface area contributed by atoms with Crippen LogP contribution in [0.4, 0.5) is 34.1 Å². The highest BCUT2D eigenvalue weighted by Crippen LogP contribution is 2.46. The molecule has 4 heteroatoms. The summed E-state index contributed by atoms with van der Waals surface area (Å²) in [5, 5.41) is 0. The molecule has 0 radical (unpaired) electrons. The molecule has 6 rings (SSSR count). The number of anilines is 6. The summed E-state index contributed by atoms with van der Waals surface area (Å²) in [7, 11) is 0. The van der Waals surface area contributed by atoms with Crippen LogP contribution in [0, 0.1) is 41.5 Å². The van der Waals surface area contributed by atoms with E-state index in [-0.39, 0.29) is 0 Å². The molecule has 2 aliphatic rings.